The van der Waals surface area contributed by atoms with Crippen molar-refractivity contribution in [2.75, 3.05) is 43.0 Å². The van der Waals surface area contributed by atoms with Crippen LogP contribution in [0.15, 0.2) is 24.4 Å². The van der Waals surface area contributed by atoms with Crippen molar-refractivity contribution >= 4 is 45.5 Å². The summed E-state index contributed by atoms with van der Waals surface area (Å²) in [5, 5.41) is 4.94. The minimum Gasteiger partial charge on any atom is -0.462 e. The van der Waals surface area contributed by atoms with Crippen LogP contribution in [0, 0.1) is 0 Å². The van der Waals surface area contributed by atoms with E-state index in [0.29, 0.717) is 17.3 Å². The Morgan fingerprint density at radius 1 is 1.16 bits per heavy atom. The van der Waals surface area contributed by atoms with Gasteiger partial charge >= 0.3 is 5.97 Å². The lowest BCUT2D eigenvalue weighted by atomic mass is 9.96. The van der Waals surface area contributed by atoms with E-state index in [4.69, 9.17) is 17.0 Å². The molecule has 2 aliphatic rings. The SMILES string of the molecule is CCOC(=O)c1c(NC(=S)N2CCN(c3ccccn3)CC2)sc2c1CCCCCC2. The van der Waals surface area contributed by atoms with Gasteiger partial charge in [-0.1, -0.05) is 18.9 Å². The minimum atomic E-state index is -0.231. The second-order valence-electron chi connectivity index (χ2n) is 7.93. The van der Waals surface area contributed by atoms with Crippen molar-refractivity contribution in [1.29, 1.82) is 0 Å². The van der Waals surface area contributed by atoms with Gasteiger partial charge in [-0.3, -0.25) is 0 Å². The lowest BCUT2D eigenvalue weighted by Gasteiger charge is -2.36. The van der Waals surface area contributed by atoms with Gasteiger partial charge in [0.25, 0.3) is 0 Å². The Hall–Kier alpha value is -2.19. The van der Waals surface area contributed by atoms with Crippen LogP contribution in [-0.4, -0.2) is 53.8 Å². The molecule has 0 atom stereocenters. The van der Waals surface area contributed by atoms with Gasteiger partial charge in [-0.25, -0.2) is 9.78 Å². The highest BCUT2D eigenvalue weighted by Gasteiger charge is 2.27. The van der Waals surface area contributed by atoms with Gasteiger partial charge in [0.15, 0.2) is 5.11 Å². The third kappa shape index (κ3) is 5.18. The molecule has 1 saturated heterocycles. The van der Waals surface area contributed by atoms with Gasteiger partial charge in [-0.15, -0.1) is 11.3 Å². The van der Waals surface area contributed by atoms with Crippen LogP contribution < -0.4 is 10.2 Å². The Morgan fingerprint density at radius 3 is 2.65 bits per heavy atom. The number of nitrogens with zero attached hydrogens (tertiary/aromatic N) is 3. The fourth-order valence-electron chi connectivity index (χ4n) is 4.28. The first kappa shape index (κ1) is 22.0. The minimum absolute atomic E-state index is 0.231. The van der Waals surface area contributed by atoms with Gasteiger partial charge in [0.05, 0.1) is 12.2 Å². The molecule has 0 saturated carbocycles. The zero-order chi connectivity index (χ0) is 21.6. The first-order valence-electron chi connectivity index (χ1n) is 11.2. The van der Waals surface area contributed by atoms with Crippen molar-refractivity contribution in [1.82, 2.24) is 9.88 Å². The van der Waals surface area contributed by atoms with Gasteiger partial charge in [0.2, 0.25) is 0 Å². The number of aryl methyl sites for hydroxylation is 1. The number of esters is 1. The zero-order valence-electron chi connectivity index (χ0n) is 18.1. The van der Waals surface area contributed by atoms with E-state index in [9.17, 15) is 4.79 Å². The Morgan fingerprint density at radius 2 is 1.94 bits per heavy atom. The molecule has 2 aromatic rings. The van der Waals surface area contributed by atoms with E-state index in [2.05, 4.69) is 20.1 Å². The first-order valence-corrected chi connectivity index (χ1v) is 12.4. The molecule has 0 radical (unpaired) electrons. The van der Waals surface area contributed by atoms with Gasteiger partial charge in [0.1, 0.15) is 10.8 Å². The highest BCUT2D eigenvalue weighted by atomic mass is 32.1. The lowest BCUT2D eigenvalue weighted by molar-refractivity contribution is 0.0526. The summed E-state index contributed by atoms with van der Waals surface area (Å²) in [5.41, 5.74) is 1.88. The molecule has 1 N–H and O–H groups in total. The summed E-state index contributed by atoms with van der Waals surface area (Å²) in [6.45, 7) is 5.61. The van der Waals surface area contributed by atoms with Crippen molar-refractivity contribution in [3.8, 4) is 0 Å². The number of aromatic nitrogens is 1. The average molecular weight is 459 g/mol. The van der Waals surface area contributed by atoms with Crippen LogP contribution in [0.1, 0.15) is 53.4 Å². The molecule has 3 heterocycles. The van der Waals surface area contributed by atoms with Crippen molar-refractivity contribution in [3.05, 3.63) is 40.4 Å². The number of carbonyl (C=O) groups is 1. The molecule has 1 aliphatic carbocycles. The first-order chi connectivity index (χ1) is 15.2. The summed E-state index contributed by atoms with van der Waals surface area (Å²) < 4.78 is 5.41. The highest BCUT2D eigenvalue weighted by Crippen LogP contribution is 2.37. The Kier molecular flexibility index (Phi) is 7.40. The molecule has 0 unspecified atom stereocenters. The highest BCUT2D eigenvalue weighted by molar-refractivity contribution is 7.80. The largest absolute Gasteiger partial charge is 0.462 e. The maximum atomic E-state index is 12.8. The average Bonchev–Trinajstić information content (AvgIpc) is 3.10. The Labute approximate surface area is 193 Å². The smallest absolute Gasteiger partial charge is 0.341 e. The summed E-state index contributed by atoms with van der Waals surface area (Å²) >= 11 is 7.43. The van der Waals surface area contributed by atoms with Crippen molar-refractivity contribution in [2.24, 2.45) is 0 Å². The number of thiophene rings is 1. The zero-order valence-corrected chi connectivity index (χ0v) is 19.7. The van der Waals surface area contributed by atoms with Crippen LogP contribution in [0.5, 0.6) is 0 Å². The van der Waals surface area contributed by atoms with Crippen LogP contribution in [0.3, 0.4) is 0 Å². The fourth-order valence-corrected chi connectivity index (χ4v) is 5.91. The van der Waals surface area contributed by atoms with Crippen LogP contribution >= 0.6 is 23.6 Å². The summed E-state index contributed by atoms with van der Waals surface area (Å²) in [4.78, 5) is 23.1. The number of nitrogens with one attached hydrogen (secondary N) is 1. The van der Waals surface area contributed by atoms with Gasteiger partial charge in [-0.05, 0) is 62.5 Å². The molecular weight excluding hydrogens is 428 g/mol. The monoisotopic (exact) mass is 458 g/mol. The van der Waals surface area contributed by atoms with Crippen molar-refractivity contribution in [2.45, 2.75) is 45.4 Å². The van der Waals surface area contributed by atoms with Crippen molar-refractivity contribution in [3.63, 3.8) is 0 Å². The van der Waals surface area contributed by atoms with Crippen molar-refractivity contribution < 1.29 is 9.53 Å². The fraction of sp³-hybridized carbons (Fsp3) is 0.522. The molecule has 0 bridgehead atoms. The molecule has 6 nitrogen and oxygen atoms in total. The van der Waals surface area contributed by atoms with Gasteiger partial charge in [0, 0.05) is 37.3 Å². The predicted octanol–water partition coefficient (Wildman–Crippen LogP) is 4.50. The Bertz CT molecular complexity index is 908. The number of pyridine rings is 1. The number of anilines is 2. The van der Waals surface area contributed by atoms with Crippen LogP contribution in [-0.2, 0) is 17.6 Å². The molecule has 0 spiro atoms. The van der Waals surface area contributed by atoms with E-state index in [0.717, 1.165) is 56.3 Å². The quantitative estimate of drug-likeness (QED) is 0.535. The number of carbonyl (C=O) groups excluding carboxylic acids is 1. The van der Waals surface area contributed by atoms with E-state index in [1.165, 1.54) is 29.7 Å². The number of piperazine rings is 1. The second-order valence-corrected chi connectivity index (χ2v) is 9.43. The number of rotatable bonds is 4. The molecule has 1 aliphatic heterocycles. The summed E-state index contributed by atoms with van der Waals surface area (Å²) in [5.74, 6) is 0.773. The maximum absolute atomic E-state index is 12.8. The molecular formula is C23H30N4O2S2. The standard InChI is InChI=1S/C23H30N4O2S2/c1-2-29-22(28)20-17-9-5-3-4-6-10-18(17)31-21(20)25-23(30)27-15-13-26(14-16-27)19-11-7-8-12-24-19/h7-8,11-12H,2-6,9-10,13-16H2,1H3,(H,25,30). The molecule has 1 fully saturated rings. The van der Waals surface area contributed by atoms with E-state index >= 15 is 0 Å². The van der Waals surface area contributed by atoms with E-state index in [1.54, 1.807) is 11.3 Å². The Balaban J connectivity index is 1.47. The molecule has 0 aromatic carbocycles. The summed E-state index contributed by atoms with van der Waals surface area (Å²) in [7, 11) is 0. The molecule has 4 rings (SSSR count). The molecule has 31 heavy (non-hydrogen) atoms. The second kappa shape index (κ2) is 10.4. The number of hydrogen-bond donors (Lipinski definition) is 1. The molecule has 0 amide bonds. The van der Waals surface area contributed by atoms with Crippen LogP contribution in [0.4, 0.5) is 10.8 Å². The third-order valence-corrected chi connectivity index (χ3v) is 7.48. The topological polar surface area (TPSA) is 57.7 Å². The third-order valence-electron chi connectivity index (χ3n) is 5.91. The normalized spacial score (nSPS) is 16.8. The predicted molar refractivity (Wildman–Crippen MR) is 130 cm³/mol. The number of hydrogen-bond acceptors (Lipinski definition) is 6. The van der Waals surface area contributed by atoms with E-state index in [1.807, 2.05) is 31.3 Å². The molecule has 2 aromatic heterocycles. The van der Waals surface area contributed by atoms with E-state index < -0.39 is 0 Å². The molecule has 166 valence electrons. The van der Waals surface area contributed by atoms with Crippen LogP contribution in [0.25, 0.3) is 0 Å². The van der Waals surface area contributed by atoms with Crippen LogP contribution in [0.2, 0.25) is 0 Å². The number of fused-ring (bicyclic) bond motifs is 1. The van der Waals surface area contributed by atoms with E-state index in [-0.39, 0.29) is 5.97 Å². The summed E-state index contributed by atoms with van der Waals surface area (Å²) in [6.07, 6.45) is 8.58. The molecule has 8 heteroatoms. The number of ether oxygens (including phenoxy) is 1. The maximum Gasteiger partial charge on any atom is 0.341 e. The van der Waals surface area contributed by atoms with Gasteiger partial charge < -0.3 is 19.9 Å². The van der Waals surface area contributed by atoms with Gasteiger partial charge in [-0.2, -0.15) is 0 Å². The lowest BCUT2D eigenvalue weighted by Crippen LogP contribution is -2.50. The summed E-state index contributed by atoms with van der Waals surface area (Å²) in [6, 6.07) is 5.99. The number of thiocarbonyl (C=S) groups is 1.